The molecule has 1 aliphatic heterocycles. The number of para-hydroxylation sites is 1. The molecule has 0 aliphatic carbocycles. The largest absolute Gasteiger partial charge is 0.490 e. The van der Waals surface area contributed by atoms with Crippen LogP contribution >= 0.6 is 0 Å². The average molecular weight is 334 g/mol. The van der Waals surface area contributed by atoms with Crippen LogP contribution in [0.15, 0.2) is 24.3 Å². The number of nitrogens with zero attached hydrogens (tertiary/aromatic N) is 1. The van der Waals surface area contributed by atoms with Crippen molar-refractivity contribution in [1.82, 2.24) is 10.2 Å². The summed E-state index contributed by atoms with van der Waals surface area (Å²) >= 11 is 0. The lowest BCUT2D eigenvalue weighted by Gasteiger charge is -2.32. The summed E-state index contributed by atoms with van der Waals surface area (Å²) in [5.74, 6) is 1.40. The number of ether oxygens (including phenoxy) is 2. The second-order valence-electron chi connectivity index (χ2n) is 6.08. The molecule has 24 heavy (non-hydrogen) atoms. The molecule has 0 aromatic heterocycles. The summed E-state index contributed by atoms with van der Waals surface area (Å²) < 4.78 is 11.0. The van der Waals surface area contributed by atoms with Crippen molar-refractivity contribution < 1.29 is 14.3 Å². The Bertz CT molecular complexity index is 499. The van der Waals surface area contributed by atoms with Gasteiger partial charge >= 0.3 is 0 Å². The maximum Gasteiger partial charge on any atom is 0.257 e. The van der Waals surface area contributed by atoms with E-state index in [9.17, 15) is 4.79 Å². The van der Waals surface area contributed by atoms with Gasteiger partial charge in [0.05, 0.1) is 12.2 Å². The number of hydrogen-bond donors (Lipinski definition) is 1. The second-order valence-corrected chi connectivity index (χ2v) is 6.08. The smallest absolute Gasteiger partial charge is 0.257 e. The lowest BCUT2D eigenvalue weighted by atomic mass is 9.96. The third kappa shape index (κ3) is 5.49. The van der Waals surface area contributed by atoms with E-state index in [4.69, 9.17) is 9.47 Å². The van der Waals surface area contributed by atoms with Gasteiger partial charge in [0.1, 0.15) is 12.4 Å². The molecule has 2 rings (SSSR count). The monoisotopic (exact) mass is 334 g/mol. The topological polar surface area (TPSA) is 50.8 Å². The van der Waals surface area contributed by atoms with E-state index < -0.39 is 0 Å². The molecule has 134 valence electrons. The van der Waals surface area contributed by atoms with Crippen molar-refractivity contribution in [2.24, 2.45) is 5.92 Å². The van der Waals surface area contributed by atoms with Gasteiger partial charge in [-0.3, -0.25) is 4.79 Å². The molecule has 0 atom stereocenters. The zero-order chi connectivity index (χ0) is 17.2. The number of carbonyl (C=O) groups is 1. The summed E-state index contributed by atoms with van der Waals surface area (Å²) in [5.41, 5.74) is 0.652. The van der Waals surface area contributed by atoms with E-state index >= 15 is 0 Å². The highest BCUT2D eigenvalue weighted by Crippen LogP contribution is 2.23. The molecule has 1 fully saturated rings. The fourth-order valence-corrected chi connectivity index (χ4v) is 2.98. The van der Waals surface area contributed by atoms with Crippen molar-refractivity contribution in [3.8, 4) is 5.75 Å². The highest BCUT2D eigenvalue weighted by molar-refractivity contribution is 5.97. The van der Waals surface area contributed by atoms with Crippen LogP contribution in [0, 0.1) is 5.92 Å². The molecular formula is C19H30N2O3. The Kier molecular flexibility index (Phi) is 8.05. The van der Waals surface area contributed by atoms with Crippen LogP contribution in [0.5, 0.6) is 5.75 Å². The number of amides is 1. The van der Waals surface area contributed by atoms with Gasteiger partial charge in [0.25, 0.3) is 5.91 Å². The van der Waals surface area contributed by atoms with Crippen LogP contribution in [0.3, 0.4) is 0 Å². The Labute approximate surface area is 145 Å². The highest BCUT2D eigenvalue weighted by atomic mass is 16.5. The van der Waals surface area contributed by atoms with E-state index in [1.807, 2.05) is 36.1 Å². The summed E-state index contributed by atoms with van der Waals surface area (Å²) in [7, 11) is 0. The minimum atomic E-state index is 0.0731. The van der Waals surface area contributed by atoms with E-state index in [0.29, 0.717) is 37.1 Å². The van der Waals surface area contributed by atoms with Crippen molar-refractivity contribution in [2.75, 3.05) is 46.0 Å². The molecule has 1 aromatic carbocycles. The number of piperidine rings is 1. The standard InChI is InChI=1S/C19H30N2O3/c1-3-20-15-16-9-11-21(12-10-16)19(22)17-7-5-6-8-18(17)24-14-13-23-4-2/h5-8,16,20H,3-4,9-15H2,1-2H3. The van der Waals surface area contributed by atoms with Gasteiger partial charge < -0.3 is 19.7 Å². The minimum Gasteiger partial charge on any atom is -0.490 e. The van der Waals surface area contributed by atoms with Crippen LogP contribution in [-0.4, -0.2) is 56.8 Å². The molecule has 1 heterocycles. The molecular weight excluding hydrogens is 304 g/mol. The number of benzene rings is 1. The number of hydrogen-bond acceptors (Lipinski definition) is 4. The summed E-state index contributed by atoms with van der Waals surface area (Å²) in [6, 6.07) is 7.50. The first-order valence-electron chi connectivity index (χ1n) is 9.05. The summed E-state index contributed by atoms with van der Waals surface area (Å²) in [6.07, 6.45) is 2.12. The van der Waals surface area contributed by atoms with Gasteiger partial charge in [0.2, 0.25) is 0 Å². The Morgan fingerprint density at radius 1 is 1.21 bits per heavy atom. The first kappa shape index (κ1) is 18.7. The number of nitrogens with one attached hydrogen (secondary N) is 1. The fraction of sp³-hybridized carbons (Fsp3) is 0.632. The van der Waals surface area contributed by atoms with E-state index in [0.717, 1.165) is 39.0 Å². The van der Waals surface area contributed by atoms with Crippen molar-refractivity contribution >= 4 is 5.91 Å². The maximum atomic E-state index is 12.8. The summed E-state index contributed by atoms with van der Waals surface area (Å²) in [5, 5.41) is 3.40. The second kappa shape index (κ2) is 10.3. The predicted molar refractivity (Wildman–Crippen MR) is 95.6 cm³/mol. The average Bonchev–Trinajstić information content (AvgIpc) is 2.64. The third-order valence-electron chi connectivity index (χ3n) is 4.39. The molecule has 0 spiro atoms. The molecule has 5 nitrogen and oxygen atoms in total. The van der Waals surface area contributed by atoms with E-state index in [-0.39, 0.29) is 5.91 Å². The number of rotatable bonds is 9. The predicted octanol–water partition coefficient (Wildman–Crippen LogP) is 2.56. The van der Waals surface area contributed by atoms with Gasteiger partial charge in [-0.2, -0.15) is 0 Å². The van der Waals surface area contributed by atoms with Crippen LogP contribution in [-0.2, 0) is 4.74 Å². The Hall–Kier alpha value is -1.59. The molecule has 1 N–H and O–H groups in total. The molecule has 0 unspecified atom stereocenters. The first-order chi connectivity index (χ1) is 11.8. The van der Waals surface area contributed by atoms with Crippen LogP contribution in [0.25, 0.3) is 0 Å². The molecule has 1 saturated heterocycles. The first-order valence-corrected chi connectivity index (χ1v) is 9.05. The lowest BCUT2D eigenvalue weighted by molar-refractivity contribution is 0.0681. The number of carbonyl (C=O) groups excluding carboxylic acids is 1. The molecule has 5 heteroatoms. The third-order valence-corrected chi connectivity index (χ3v) is 4.39. The lowest BCUT2D eigenvalue weighted by Crippen LogP contribution is -2.40. The molecule has 1 aliphatic rings. The molecule has 1 aromatic rings. The summed E-state index contributed by atoms with van der Waals surface area (Å²) in [6.45, 7) is 9.45. The van der Waals surface area contributed by atoms with Crippen LogP contribution in [0.2, 0.25) is 0 Å². The van der Waals surface area contributed by atoms with Gasteiger partial charge in [-0.25, -0.2) is 0 Å². The Morgan fingerprint density at radius 2 is 1.96 bits per heavy atom. The molecule has 0 saturated carbocycles. The van der Waals surface area contributed by atoms with Gasteiger partial charge in [-0.1, -0.05) is 19.1 Å². The highest BCUT2D eigenvalue weighted by Gasteiger charge is 2.25. The summed E-state index contributed by atoms with van der Waals surface area (Å²) in [4.78, 5) is 14.8. The number of likely N-dealkylation sites (tertiary alicyclic amines) is 1. The zero-order valence-electron chi connectivity index (χ0n) is 14.9. The van der Waals surface area contributed by atoms with Gasteiger partial charge in [-0.05, 0) is 50.9 Å². The van der Waals surface area contributed by atoms with Gasteiger partial charge in [0, 0.05) is 19.7 Å². The van der Waals surface area contributed by atoms with Crippen LogP contribution < -0.4 is 10.1 Å². The van der Waals surface area contributed by atoms with E-state index in [1.165, 1.54) is 0 Å². The Balaban J connectivity index is 1.90. The van der Waals surface area contributed by atoms with Crippen molar-refractivity contribution in [3.05, 3.63) is 29.8 Å². The van der Waals surface area contributed by atoms with Crippen molar-refractivity contribution in [1.29, 1.82) is 0 Å². The molecule has 0 radical (unpaired) electrons. The molecule has 0 bridgehead atoms. The normalized spacial score (nSPS) is 15.5. The van der Waals surface area contributed by atoms with Gasteiger partial charge in [0.15, 0.2) is 0 Å². The van der Waals surface area contributed by atoms with Crippen LogP contribution in [0.1, 0.15) is 37.0 Å². The van der Waals surface area contributed by atoms with E-state index in [1.54, 1.807) is 0 Å². The quantitative estimate of drug-likeness (QED) is 0.705. The van der Waals surface area contributed by atoms with Crippen molar-refractivity contribution in [3.63, 3.8) is 0 Å². The van der Waals surface area contributed by atoms with E-state index in [2.05, 4.69) is 12.2 Å². The van der Waals surface area contributed by atoms with Crippen LogP contribution in [0.4, 0.5) is 0 Å². The van der Waals surface area contributed by atoms with Crippen molar-refractivity contribution in [2.45, 2.75) is 26.7 Å². The zero-order valence-corrected chi connectivity index (χ0v) is 14.9. The maximum absolute atomic E-state index is 12.8. The molecule has 1 amide bonds. The SMILES string of the molecule is CCNCC1CCN(C(=O)c2ccccc2OCCOCC)CC1. The fourth-order valence-electron chi connectivity index (χ4n) is 2.98. The minimum absolute atomic E-state index is 0.0731. The Morgan fingerprint density at radius 3 is 2.67 bits per heavy atom. The van der Waals surface area contributed by atoms with Gasteiger partial charge in [-0.15, -0.1) is 0 Å².